The Morgan fingerprint density at radius 2 is 1.89 bits per heavy atom. The van der Waals surface area contributed by atoms with Gasteiger partial charge in [0, 0.05) is 0 Å². The van der Waals surface area contributed by atoms with Crippen molar-refractivity contribution in [2.45, 2.75) is 6.18 Å². The second-order valence-corrected chi connectivity index (χ2v) is 4.55. The van der Waals surface area contributed by atoms with Crippen molar-refractivity contribution in [3.63, 3.8) is 0 Å². The molecular formula is C6H9F3N2O6S. The molecule has 0 radical (unpaired) electrons. The lowest BCUT2D eigenvalue weighted by molar-refractivity contribution is -0.146. The Hall–Kier alpha value is -1.56. The zero-order chi connectivity index (χ0) is 14.6. The van der Waals surface area contributed by atoms with Gasteiger partial charge in [-0.05, 0) is 0 Å². The largest absolute Gasteiger partial charge is 0.480 e. The lowest BCUT2D eigenvalue weighted by atomic mass is 10.6. The topological polar surface area (TPSA) is 113 Å². The summed E-state index contributed by atoms with van der Waals surface area (Å²) < 4.78 is 63.3. The number of ether oxygens (including phenoxy) is 1. The first-order valence-corrected chi connectivity index (χ1v) is 5.56. The SMILES string of the molecule is COC(=O)NS(=O)(=O)N(CC(=O)O)CC(F)(F)F. The Bertz CT molecular complexity index is 420. The van der Waals surface area contributed by atoms with Gasteiger partial charge in [-0.3, -0.25) is 4.79 Å². The van der Waals surface area contributed by atoms with Crippen LogP contribution in [0.25, 0.3) is 0 Å². The van der Waals surface area contributed by atoms with Crippen LogP contribution in [0.3, 0.4) is 0 Å². The number of aliphatic carboxylic acids is 1. The number of hydrogen-bond acceptors (Lipinski definition) is 5. The number of nitrogens with zero attached hydrogens (tertiary/aromatic N) is 1. The van der Waals surface area contributed by atoms with E-state index in [1.807, 2.05) is 0 Å². The van der Waals surface area contributed by atoms with Gasteiger partial charge in [-0.1, -0.05) is 0 Å². The predicted molar refractivity (Wildman–Crippen MR) is 49.7 cm³/mol. The Morgan fingerprint density at radius 3 is 2.22 bits per heavy atom. The number of amides is 1. The first-order valence-electron chi connectivity index (χ1n) is 4.12. The predicted octanol–water partition coefficient (Wildman–Crippen LogP) is -0.464. The molecule has 0 aromatic heterocycles. The molecule has 0 aromatic rings. The van der Waals surface area contributed by atoms with Crippen LogP contribution in [0.15, 0.2) is 0 Å². The van der Waals surface area contributed by atoms with Gasteiger partial charge in [-0.2, -0.15) is 25.9 Å². The quantitative estimate of drug-likeness (QED) is 0.709. The maximum Gasteiger partial charge on any atom is 0.421 e. The van der Waals surface area contributed by atoms with Crippen molar-refractivity contribution in [1.29, 1.82) is 0 Å². The van der Waals surface area contributed by atoms with Crippen molar-refractivity contribution in [2.75, 3.05) is 20.2 Å². The first kappa shape index (κ1) is 16.4. The average Bonchev–Trinajstić information content (AvgIpc) is 2.12. The molecule has 0 aromatic carbocycles. The second kappa shape index (κ2) is 5.86. The van der Waals surface area contributed by atoms with Crippen LogP contribution in [0.2, 0.25) is 0 Å². The van der Waals surface area contributed by atoms with Crippen LogP contribution in [0.5, 0.6) is 0 Å². The van der Waals surface area contributed by atoms with Crippen LogP contribution in [0.4, 0.5) is 18.0 Å². The van der Waals surface area contributed by atoms with E-state index in [0.29, 0.717) is 0 Å². The fourth-order valence-corrected chi connectivity index (χ4v) is 1.81. The van der Waals surface area contributed by atoms with Crippen LogP contribution in [-0.2, 0) is 19.7 Å². The number of carboxylic acid groups (broad SMARTS) is 1. The van der Waals surface area contributed by atoms with Gasteiger partial charge in [0.1, 0.15) is 13.1 Å². The van der Waals surface area contributed by atoms with Crippen LogP contribution in [-0.4, -0.2) is 56.3 Å². The van der Waals surface area contributed by atoms with Crippen LogP contribution in [0.1, 0.15) is 0 Å². The van der Waals surface area contributed by atoms with E-state index < -0.39 is 45.8 Å². The number of carbonyl (C=O) groups is 2. The zero-order valence-corrected chi connectivity index (χ0v) is 9.71. The average molecular weight is 294 g/mol. The molecule has 0 fully saturated rings. The standard InChI is InChI=1S/C6H9F3N2O6S/c1-17-5(14)10-18(15,16)11(2-4(12)13)3-6(7,8)9/h2-3H2,1H3,(H,10,14)(H,12,13). The third-order valence-electron chi connectivity index (χ3n) is 1.40. The van der Waals surface area contributed by atoms with Crippen LogP contribution in [0, 0.1) is 0 Å². The molecule has 0 saturated heterocycles. The molecule has 106 valence electrons. The maximum atomic E-state index is 12.1. The van der Waals surface area contributed by atoms with E-state index in [9.17, 15) is 31.2 Å². The molecule has 0 saturated carbocycles. The molecule has 12 heteroatoms. The summed E-state index contributed by atoms with van der Waals surface area (Å²) >= 11 is 0. The number of alkyl halides is 3. The minimum absolute atomic E-state index is 0.452. The van der Waals surface area contributed by atoms with E-state index in [0.717, 1.165) is 11.8 Å². The van der Waals surface area contributed by atoms with Gasteiger partial charge in [-0.15, -0.1) is 0 Å². The van der Waals surface area contributed by atoms with Crippen molar-refractivity contribution in [3.8, 4) is 0 Å². The molecule has 0 spiro atoms. The molecule has 0 bridgehead atoms. The number of carbonyl (C=O) groups excluding carboxylic acids is 1. The van der Waals surface area contributed by atoms with Crippen molar-refractivity contribution in [1.82, 2.24) is 9.03 Å². The molecule has 8 nitrogen and oxygen atoms in total. The molecule has 18 heavy (non-hydrogen) atoms. The highest BCUT2D eigenvalue weighted by Crippen LogP contribution is 2.17. The summed E-state index contributed by atoms with van der Waals surface area (Å²) in [5, 5.41) is 8.32. The fraction of sp³-hybridized carbons (Fsp3) is 0.667. The van der Waals surface area contributed by atoms with Gasteiger partial charge in [0.2, 0.25) is 0 Å². The number of nitrogens with one attached hydrogen (secondary N) is 1. The molecule has 0 aliphatic rings. The van der Waals surface area contributed by atoms with Gasteiger partial charge < -0.3 is 9.84 Å². The zero-order valence-electron chi connectivity index (χ0n) is 8.89. The summed E-state index contributed by atoms with van der Waals surface area (Å²) in [5.41, 5.74) is 0. The third-order valence-corrected chi connectivity index (χ3v) is 2.77. The van der Waals surface area contributed by atoms with E-state index in [4.69, 9.17) is 5.11 Å². The van der Waals surface area contributed by atoms with E-state index in [2.05, 4.69) is 4.74 Å². The van der Waals surface area contributed by atoms with Crippen LogP contribution >= 0.6 is 0 Å². The highest BCUT2D eigenvalue weighted by atomic mass is 32.2. The lowest BCUT2D eigenvalue weighted by Gasteiger charge is -2.21. The van der Waals surface area contributed by atoms with Crippen molar-refractivity contribution < 1.29 is 41.0 Å². The summed E-state index contributed by atoms with van der Waals surface area (Å²) in [4.78, 5) is 20.9. The second-order valence-electron chi connectivity index (χ2n) is 2.88. The van der Waals surface area contributed by atoms with Gasteiger partial charge in [-0.25, -0.2) is 9.52 Å². The molecule has 0 heterocycles. The highest BCUT2D eigenvalue weighted by Gasteiger charge is 2.38. The van der Waals surface area contributed by atoms with Gasteiger partial charge in [0.15, 0.2) is 0 Å². The van der Waals surface area contributed by atoms with E-state index >= 15 is 0 Å². The first-order chi connectivity index (χ1) is 7.98. The number of carboxylic acids is 1. The molecule has 0 rings (SSSR count). The Morgan fingerprint density at radius 1 is 1.39 bits per heavy atom. The van der Waals surface area contributed by atoms with Crippen molar-refractivity contribution >= 4 is 22.3 Å². The van der Waals surface area contributed by atoms with Crippen LogP contribution < -0.4 is 4.72 Å². The molecule has 0 aliphatic heterocycles. The third kappa shape index (κ3) is 6.24. The fourth-order valence-electron chi connectivity index (χ4n) is 0.788. The molecular weight excluding hydrogens is 285 g/mol. The Kier molecular flexibility index (Phi) is 5.35. The minimum Gasteiger partial charge on any atom is -0.480 e. The summed E-state index contributed by atoms with van der Waals surface area (Å²) in [6.07, 6.45) is -6.49. The highest BCUT2D eigenvalue weighted by molar-refractivity contribution is 7.87. The van der Waals surface area contributed by atoms with Gasteiger partial charge >= 0.3 is 28.4 Å². The normalized spacial score (nSPS) is 12.3. The van der Waals surface area contributed by atoms with E-state index in [1.165, 1.54) is 0 Å². The molecule has 0 atom stereocenters. The number of rotatable bonds is 5. The minimum atomic E-state index is -4.96. The summed E-state index contributed by atoms with van der Waals surface area (Å²) in [6.45, 7) is -3.50. The number of halogens is 3. The summed E-state index contributed by atoms with van der Waals surface area (Å²) in [6, 6.07) is 0. The molecule has 1 amide bonds. The molecule has 0 unspecified atom stereocenters. The van der Waals surface area contributed by atoms with Crippen molar-refractivity contribution in [2.24, 2.45) is 0 Å². The molecule has 0 aliphatic carbocycles. The monoisotopic (exact) mass is 294 g/mol. The molecule has 2 N–H and O–H groups in total. The Labute approximate surface area is 99.5 Å². The summed E-state index contributed by atoms with van der Waals surface area (Å²) in [7, 11) is -4.17. The van der Waals surface area contributed by atoms with Gasteiger partial charge in [0.05, 0.1) is 7.11 Å². The van der Waals surface area contributed by atoms with Gasteiger partial charge in [0.25, 0.3) is 0 Å². The maximum absolute atomic E-state index is 12.1. The van der Waals surface area contributed by atoms with E-state index in [-0.39, 0.29) is 0 Å². The lowest BCUT2D eigenvalue weighted by Crippen LogP contribution is -2.49. The smallest absolute Gasteiger partial charge is 0.421 e. The number of methoxy groups -OCH3 is 1. The summed E-state index contributed by atoms with van der Waals surface area (Å²) in [5.74, 6) is -1.81. The van der Waals surface area contributed by atoms with E-state index in [1.54, 1.807) is 0 Å². The van der Waals surface area contributed by atoms with Crippen molar-refractivity contribution in [3.05, 3.63) is 0 Å². The number of hydrogen-bond donors (Lipinski definition) is 2. The Balaban J connectivity index is 5.05.